The lowest BCUT2D eigenvalue weighted by molar-refractivity contribution is -0.383. The highest BCUT2D eigenvalue weighted by Crippen LogP contribution is 2.37. The monoisotopic (exact) mass is 419 g/mol. The lowest BCUT2D eigenvalue weighted by Gasteiger charge is -2.22. The number of non-ortho nitro benzene ring substituents is 1. The first-order valence-corrected chi connectivity index (χ1v) is 9.79. The summed E-state index contributed by atoms with van der Waals surface area (Å²) in [5.74, 6) is -0.870. The molecule has 0 fully saturated rings. The van der Waals surface area contributed by atoms with Gasteiger partial charge >= 0.3 is 5.97 Å². The molecule has 0 N–H and O–H groups in total. The molecule has 3 aromatic rings. The number of terminal acetylenes is 1. The van der Waals surface area contributed by atoms with Crippen molar-refractivity contribution < 1.29 is 14.5 Å². The maximum absolute atomic E-state index is 12.9. The van der Waals surface area contributed by atoms with E-state index in [1.807, 2.05) is 19.9 Å². The number of pyridine rings is 2. The van der Waals surface area contributed by atoms with E-state index >= 15 is 0 Å². The minimum absolute atomic E-state index is 0.0157. The molecule has 0 bridgehead atoms. The third-order valence-electron chi connectivity index (χ3n) is 5.30. The largest absolute Gasteiger partial charge is 0.460 e. The molecule has 5 rings (SSSR count). The second kappa shape index (κ2) is 8.40. The van der Waals surface area contributed by atoms with Crippen LogP contribution in [-0.2, 0) is 22.7 Å². The van der Waals surface area contributed by atoms with Crippen molar-refractivity contribution in [3.63, 3.8) is 0 Å². The number of nitro benzene ring substituents is 1. The number of benzene rings is 1. The van der Waals surface area contributed by atoms with Crippen molar-refractivity contribution >= 4 is 22.6 Å². The van der Waals surface area contributed by atoms with E-state index in [-0.39, 0.29) is 30.4 Å². The van der Waals surface area contributed by atoms with Gasteiger partial charge in [-0.3, -0.25) is 19.7 Å². The van der Waals surface area contributed by atoms with Crippen LogP contribution in [0.15, 0.2) is 35.1 Å². The molecular weight excluding hydrogens is 398 g/mol. The van der Waals surface area contributed by atoms with Crippen LogP contribution in [0.25, 0.3) is 22.3 Å². The number of fused-ring (bicyclic) bond motifs is 5. The fraction of sp³-hybridized carbons (Fsp3) is 0.261. The van der Waals surface area contributed by atoms with Gasteiger partial charge in [-0.1, -0.05) is 19.9 Å². The maximum Gasteiger partial charge on any atom is 0.313 e. The highest BCUT2D eigenvalue weighted by molar-refractivity contribution is 5.91. The average Bonchev–Trinajstić information content (AvgIpc) is 3.15. The van der Waals surface area contributed by atoms with Crippen LogP contribution in [0.3, 0.4) is 0 Å². The van der Waals surface area contributed by atoms with Crippen LogP contribution in [0.4, 0.5) is 5.69 Å². The van der Waals surface area contributed by atoms with E-state index in [0.29, 0.717) is 33.4 Å². The minimum atomic E-state index is -0.516. The summed E-state index contributed by atoms with van der Waals surface area (Å²) >= 11 is 0. The van der Waals surface area contributed by atoms with Gasteiger partial charge in [-0.25, -0.2) is 4.98 Å². The molecule has 2 aliphatic heterocycles. The number of nitrogens with zero attached hydrogens (tertiary/aromatic N) is 3. The smallest absolute Gasteiger partial charge is 0.313 e. The molecule has 2 aromatic heterocycles. The minimum Gasteiger partial charge on any atom is -0.460 e. The number of nitro groups is 1. The Morgan fingerprint density at radius 2 is 1.94 bits per heavy atom. The molecule has 2 aliphatic rings. The molecule has 4 heterocycles. The molecule has 0 saturated carbocycles. The Hall–Kier alpha value is -3.99. The van der Waals surface area contributed by atoms with Crippen molar-refractivity contribution in [3.8, 4) is 24.2 Å². The predicted molar refractivity (Wildman–Crippen MR) is 117 cm³/mol. The van der Waals surface area contributed by atoms with Gasteiger partial charge in [0.1, 0.15) is 6.61 Å². The van der Waals surface area contributed by atoms with Gasteiger partial charge in [-0.15, -0.1) is 12.8 Å². The molecule has 8 nitrogen and oxygen atoms in total. The van der Waals surface area contributed by atoms with Crippen LogP contribution in [-0.4, -0.2) is 20.4 Å². The van der Waals surface area contributed by atoms with E-state index in [9.17, 15) is 19.7 Å². The summed E-state index contributed by atoms with van der Waals surface area (Å²) in [6.07, 6.45) is 8.00. The van der Waals surface area contributed by atoms with Gasteiger partial charge < -0.3 is 9.30 Å². The van der Waals surface area contributed by atoms with Crippen molar-refractivity contribution in [2.45, 2.75) is 39.8 Å². The predicted octanol–water partition coefficient (Wildman–Crippen LogP) is 3.77. The average molecular weight is 419 g/mol. The Morgan fingerprint density at radius 1 is 1.23 bits per heavy atom. The van der Waals surface area contributed by atoms with Gasteiger partial charge in [0.25, 0.3) is 11.2 Å². The highest BCUT2D eigenvalue weighted by Gasteiger charge is 2.32. The molecule has 1 aromatic carbocycles. The highest BCUT2D eigenvalue weighted by atomic mass is 16.6. The van der Waals surface area contributed by atoms with Crippen molar-refractivity contribution in [1.82, 2.24) is 9.55 Å². The third kappa shape index (κ3) is 3.34. The van der Waals surface area contributed by atoms with E-state index in [0.717, 1.165) is 5.56 Å². The molecule has 0 spiro atoms. The quantitative estimate of drug-likeness (QED) is 0.201. The maximum atomic E-state index is 12.9. The lowest BCUT2D eigenvalue weighted by Crippen LogP contribution is -2.31. The molecule has 0 aliphatic carbocycles. The van der Waals surface area contributed by atoms with E-state index < -0.39 is 10.8 Å². The van der Waals surface area contributed by atoms with Gasteiger partial charge in [-0.2, -0.15) is 0 Å². The van der Waals surface area contributed by atoms with E-state index in [1.165, 1.54) is 6.07 Å². The normalized spacial score (nSPS) is 15.3. The second-order valence-corrected chi connectivity index (χ2v) is 6.78. The first kappa shape index (κ1) is 21.7. The molecule has 158 valence electrons. The Kier molecular flexibility index (Phi) is 5.88. The van der Waals surface area contributed by atoms with Gasteiger partial charge in [0, 0.05) is 11.6 Å². The van der Waals surface area contributed by atoms with Gasteiger partial charge in [0.05, 0.1) is 45.2 Å². The molecule has 31 heavy (non-hydrogen) atoms. The fourth-order valence-electron chi connectivity index (χ4n) is 3.88. The summed E-state index contributed by atoms with van der Waals surface area (Å²) in [5, 5.41) is 11.7. The number of ether oxygens (including phenoxy) is 1. The van der Waals surface area contributed by atoms with Crippen LogP contribution in [0, 0.1) is 23.0 Å². The van der Waals surface area contributed by atoms with E-state index in [1.54, 1.807) is 29.7 Å². The first-order chi connectivity index (χ1) is 15.0. The summed E-state index contributed by atoms with van der Waals surface area (Å²) in [5.41, 5.74) is 3.41. The number of carbonyl (C=O) groups is 1. The number of hydrogen-bond acceptors (Lipinski definition) is 6. The Balaban J connectivity index is 0.000000645. The second-order valence-electron chi connectivity index (χ2n) is 6.78. The molecule has 0 radical (unpaired) electrons. The van der Waals surface area contributed by atoms with Crippen molar-refractivity contribution in [3.05, 3.63) is 67.5 Å². The molecule has 0 saturated heterocycles. The molecule has 8 heteroatoms. The van der Waals surface area contributed by atoms with Crippen LogP contribution < -0.4 is 5.56 Å². The van der Waals surface area contributed by atoms with Gasteiger partial charge in [0.2, 0.25) is 0 Å². The number of hydrogen-bond donors (Lipinski definition) is 0. The summed E-state index contributed by atoms with van der Waals surface area (Å²) in [7, 11) is 0. The molecule has 0 unspecified atom stereocenters. The summed E-state index contributed by atoms with van der Waals surface area (Å²) in [4.78, 5) is 40.3. The van der Waals surface area contributed by atoms with Crippen molar-refractivity contribution in [1.29, 1.82) is 0 Å². The van der Waals surface area contributed by atoms with Crippen LogP contribution >= 0.6 is 0 Å². The zero-order valence-electron chi connectivity index (χ0n) is 17.4. The topological polar surface area (TPSA) is 104 Å². The zero-order valence-corrected chi connectivity index (χ0v) is 17.4. The van der Waals surface area contributed by atoms with Gasteiger partial charge in [-0.05, 0) is 30.7 Å². The molecule has 1 atom stereocenters. The number of carbonyl (C=O) groups excluding carboxylic acids is 1. The first-order valence-electron chi connectivity index (χ1n) is 9.79. The van der Waals surface area contributed by atoms with Crippen LogP contribution in [0.5, 0.6) is 0 Å². The SMILES string of the molecule is C#C.CC.C[C@@H]1C(=O)OCc2c1cc1n(c2=O)Cc2cc3c([N+](=O)[O-])cccc3nc2-1. The van der Waals surface area contributed by atoms with Crippen LogP contribution in [0.2, 0.25) is 0 Å². The van der Waals surface area contributed by atoms with E-state index in [2.05, 4.69) is 17.8 Å². The van der Waals surface area contributed by atoms with Gasteiger partial charge in [0.15, 0.2) is 0 Å². The lowest BCUT2D eigenvalue weighted by atomic mass is 9.94. The number of cyclic esters (lactones) is 1. The molecular formula is C23H21N3O5. The standard InChI is InChI=1S/C19H13N3O5.C2H6.C2H2/c1-9-11-6-16-17-10(7-21(16)18(23)13(11)8-27-19(9)24)5-12-14(20-17)3-2-4-15(12)22(25)26;2*1-2/h2-6,9H,7-8H2,1H3;1-2H3;1-2H/t9-;;/m0../s1. The number of rotatable bonds is 1. The molecule has 0 amide bonds. The third-order valence-corrected chi connectivity index (χ3v) is 5.30. The Labute approximate surface area is 178 Å². The number of aromatic nitrogens is 2. The van der Waals surface area contributed by atoms with Crippen molar-refractivity contribution in [2.75, 3.05) is 0 Å². The van der Waals surface area contributed by atoms with E-state index in [4.69, 9.17) is 4.74 Å². The zero-order chi connectivity index (χ0) is 22.9. The summed E-state index contributed by atoms with van der Waals surface area (Å²) < 4.78 is 6.69. The Bertz CT molecular complexity index is 1290. The van der Waals surface area contributed by atoms with Crippen molar-refractivity contribution in [2.24, 2.45) is 0 Å². The fourth-order valence-corrected chi connectivity index (χ4v) is 3.88. The van der Waals surface area contributed by atoms with Crippen LogP contribution in [0.1, 0.15) is 43.4 Å². The number of esters is 1. The Morgan fingerprint density at radius 3 is 2.61 bits per heavy atom. The summed E-state index contributed by atoms with van der Waals surface area (Å²) in [6.45, 7) is 5.97. The summed E-state index contributed by atoms with van der Waals surface area (Å²) in [6, 6.07) is 8.29.